The average Bonchev–Trinajstić information content (AvgIpc) is 2.92. The van der Waals surface area contributed by atoms with E-state index in [0.717, 1.165) is 35.6 Å². The molecule has 5 nitrogen and oxygen atoms in total. The summed E-state index contributed by atoms with van der Waals surface area (Å²) < 4.78 is 3.96. The highest BCUT2D eigenvalue weighted by molar-refractivity contribution is 6.17. The van der Waals surface area contributed by atoms with Crippen LogP contribution in [0.4, 0.5) is 0 Å². The van der Waals surface area contributed by atoms with E-state index in [9.17, 15) is 0 Å². The van der Waals surface area contributed by atoms with E-state index in [1.165, 1.54) is 5.56 Å². The predicted octanol–water partition coefficient (Wildman–Crippen LogP) is 2.30. The fourth-order valence-corrected chi connectivity index (χ4v) is 2.59. The number of pyridine rings is 1. The number of hydrogen-bond acceptors (Lipinski definition) is 3. The lowest BCUT2D eigenvalue weighted by atomic mass is 10.2. The van der Waals surface area contributed by atoms with Gasteiger partial charge in [0.05, 0.1) is 12.2 Å². The molecule has 0 amide bonds. The van der Waals surface area contributed by atoms with Crippen molar-refractivity contribution in [1.82, 2.24) is 24.3 Å². The van der Waals surface area contributed by atoms with Gasteiger partial charge >= 0.3 is 0 Å². The molecule has 0 fully saturated rings. The van der Waals surface area contributed by atoms with Crippen molar-refractivity contribution in [3.05, 3.63) is 41.6 Å². The van der Waals surface area contributed by atoms with Crippen molar-refractivity contribution in [2.75, 3.05) is 5.88 Å². The normalized spacial score (nSPS) is 11.3. The van der Waals surface area contributed by atoms with Crippen LogP contribution in [0.1, 0.15) is 17.1 Å². The molecule has 0 atom stereocenters. The van der Waals surface area contributed by atoms with Gasteiger partial charge in [0.25, 0.3) is 0 Å². The van der Waals surface area contributed by atoms with Crippen LogP contribution in [-0.2, 0) is 20.0 Å². The summed E-state index contributed by atoms with van der Waals surface area (Å²) in [5.74, 6) is 1.52. The van der Waals surface area contributed by atoms with Crippen LogP contribution in [-0.4, -0.2) is 30.2 Å². The third-order valence-electron chi connectivity index (χ3n) is 3.34. The predicted molar refractivity (Wildman–Crippen MR) is 79.0 cm³/mol. The highest BCUT2D eigenvalue weighted by Gasteiger charge is 2.13. The second-order valence-corrected chi connectivity index (χ2v) is 5.19. The van der Waals surface area contributed by atoms with Gasteiger partial charge in [-0.1, -0.05) is 0 Å². The fraction of sp³-hybridized carbons (Fsp3) is 0.357. The molecule has 0 saturated carbocycles. The Bertz CT molecular complexity index is 743. The van der Waals surface area contributed by atoms with E-state index in [1.54, 1.807) is 6.20 Å². The van der Waals surface area contributed by atoms with E-state index >= 15 is 0 Å². The Morgan fingerprint density at radius 3 is 2.90 bits per heavy atom. The Balaban J connectivity index is 2.08. The summed E-state index contributed by atoms with van der Waals surface area (Å²) in [7, 11) is 1.93. The van der Waals surface area contributed by atoms with Gasteiger partial charge in [-0.25, -0.2) is 9.97 Å². The number of halogens is 1. The molecule has 20 heavy (non-hydrogen) atoms. The summed E-state index contributed by atoms with van der Waals surface area (Å²) in [6.45, 7) is 2.74. The molecule has 0 unspecified atom stereocenters. The minimum atomic E-state index is 0.551. The molecule has 3 aromatic heterocycles. The van der Waals surface area contributed by atoms with Crippen molar-refractivity contribution >= 4 is 22.8 Å². The number of alkyl halides is 1. The monoisotopic (exact) mass is 289 g/mol. The second kappa shape index (κ2) is 5.25. The van der Waals surface area contributed by atoms with E-state index in [4.69, 9.17) is 11.6 Å². The van der Waals surface area contributed by atoms with Crippen LogP contribution >= 0.6 is 11.6 Å². The Labute approximate surface area is 122 Å². The van der Waals surface area contributed by atoms with E-state index in [0.29, 0.717) is 5.88 Å². The van der Waals surface area contributed by atoms with Crippen LogP contribution in [0.5, 0.6) is 0 Å². The zero-order valence-electron chi connectivity index (χ0n) is 11.5. The first kappa shape index (κ1) is 13.1. The topological polar surface area (TPSA) is 48.5 Å². The molecule has 0 N–H and O–H groups in total. The minimum absolute atomic E-state index is 0.551. The molecule has 3 rings (SSSR count). The molecule has 6 heteroatoms. The highest BCUT2D eigenvalue weighted by Crippen LogP contribution is 2.17. The molecular weight excluding hydrogens is 274 g/mol. The van der Waals surface area contributed by atoms with E-state index in [2.05, 4.69) is 19.6 Å². The van der Waals surface area contributed by atoms with E-state index in [-0.39, 0.29) is 0 Å². The van der Waals surface area contributed by atoms with Crippen LogP contribution < -0.4 is 0 Å². The molecule has 0 aliphatic heterocycles. The van der Waals surface area contributed by atoms with Crippen LogP contribution in [0.3, 0.4) is 0 Å². The standard InChI is InChI=1S/C14H16ClN5/c1-10-11(8-19(2)18-10)9-20-13(5-6-15)17-12-4-3-7-16-14(12)20/h3-4,7-8H,5-6,9H2,1-2H3. The molecule has 3 aromatic rings. The summed E-state index contributed by atoms with van der Waals surface area (Å²) in [6.07, 6.45) is 4.56. The molecule has 0 bridgehead atoms. The zero-order valence-corrected chi connectivity index (χ0v) is 12.3. The Morgan fingerprint density at radius 2 is 2.20 bits per heavy atom. The van der Waals surface area contributed by atoms with Gasteiger partial charge in [0, 0.05) is 37.3 Å². The first-order chi connectivity index (χ1) is 9.69. The van der Waals surface area contributed by atoms with Gasteiger partial charge in [-0.2, -0.15) is 5.10 Å². The summed E-state index contributed by atoms with van der Waals surface area (Å²) in [5.41, 5.74) is 4.01. The zero-order chi connectivity index (χ0) is 14.1. The number of nitrogens with zero attached hydrogens (tertiary/aromatic N) is 5. The first-order valence-corrected chi connectivity index (χ1v) is 7.07. The van der Waals surface area contributed by atoms with E-state index < -0.39 is 0 Å². The quantitative estimate of drug-likeness (QED) is 0.693. The Morgan fingerprint density at radius 1 is 1.35 bits per heavy atom. The van der Waals surface area contributed by atoms with Crippen molar-refractivity contribution in [3.8, 4) is 0 Å². The summed E-state index contributed by atoms with van der Waals surface area (Å²) in [6, 6.07) is 3.88. The van der Waals surface area contributed by atoms with Crippen LogP contribution in [0.15, 0.2) is 24.5 Å². The van der Waals surface area contributed by atoms with Crippen molar-refractivity contribution in [2.45, 2.75) is 19.9 Å². The molecule has 0 aliphatic carbocycles. The molecule has 0 aliphatic rings. The number of rotatable bonds is 4. The average molecular weight is 290 g/mol. The minimum Gasteiger partial charge on any atom is -0.308 e. The van der Waals surface area contributed by atoms with Gasteiger partial charge in [-0.15, -0.1) is 11.6 Å². The maximum atomic E-state index is 5.88. The van der Waals surface area contributed by atoms with Crippen LogP contribution in [0.2, 0.25) is 0 Å². The smallest absolute Gasteiger partial charge is 0.160 e. The third-order valence-corrected chi connectivity index (χ3v) is 3.53. The third kappa shape index (κ3) is 2.29. The number of imidazole rings is 1. The number of aryl methyl sites for hydroxylation is 3. The van der Waals surface area contributed by atoms with Crippen molar-refractivity contribution in [3.63, 3.8) is 0 Å². The van der Waals surface area contributed by atoms with Gasteiger partial charge < -0.3 is 4.57 Å². The second-order valence-electron chi connectivity index (χ2n) is 4.81. The summed E-state index contributed by atoms with van der Waals surface area (Å²) >= 11 is 5.88. The van der Waals surface area contributed by atoms with Gasteiger partial charge in [0.2, 0.25) is 0 Å². The summed E-state index contributed by atoms with van der Waals surface area (Å²) in [5, 5.41) is 4.38. The SMILES string of the molecule is Cc1nn(C)cc1Cn1c(CCCl)nc2cccnc21. The van der Waals surface area contributed by atoms with Crippen molar-refractivity contribution in [2.24, 2.45) is 7.05 Å². The molecule has 0 saturated heterocycles. The molecule has 0 spiro atoms. The van der Waals surface area contributed by atoms with Crippen LogP contribution in [0.25, 0.3) is 11.2 Å². The van der Waals surface area contributed by atoms with E-state index in [1.807, 2.05) is 37.0 Å². The largest absolute Gasteiger partial charge is 0.308 e. The maximum absolute atomic E-state index is 5.88. The molecule has 0 aromatic carbocycles. The van der Waals surface area contributed by atoms with Gasteiger partial charge in [0.15, 0.2) is 5.65 Å². The van der Waals surface area contributed by atoms with Crippen LogP contribution in [0, 0.1) is 6.92 Å². The van der Waals surface area contributed by atoms with Gasteiger partial charge in [0.1, 0.15) is 11.3 Å². The van der Waals surface area contributed by atoms with Gasteiger partial charge in [-0.3, -0.25) is 4.68 Å². The number of aromatic nitrogens is 5. The lowest BCUT2D eigenvalue weighted by Gasteiger charge is -2.06. The maximum Gasteiger partial charge on any atom is 0.160 e. The lowest BCUT2D eigenvalue weighted by Crippen LogP contribution is -2.07. The van der Waals surface area contributed by atoms with Crippen molar-refractivity contribution < 1.29 is 0 Å². The molecular formula is C14H16ClN5. The number of hydrogen-bond donors (Lipinski definition) is 0. The fourth-order valence-electron chi connectivity index (χ4n) is 2.42. The first-order valence-electron chi connectivity index (χ1n) is 6.54. The number of fused-ring (bicyclic) bond motifs is 1. The Kier molecular flexibility index (Phi) is 3.44. The van der Waals surface area contributed by atoms with Gasteiger partial charge in [-0.05, 0) is 19.1 Å². The highest BCUT2D eigenvalue weighted by atomic mass is 35.5. The molecule has 0 radical (unpaired) electrons. The Hall–Kier alpha value is -1.88. The van der Waals surface area contributed by atoms with Crippen molar-refractivity contribution in [1.29, 1.82) is 0 Å². The lowest BCUT2D eigenvalue weighted by molar-refractivity contribution is 0.742. The summed E-state index contributed by atoms with van der Waals surface area (Å²) in [4.78, 5) is 9.07. The molecule has 104 valence electrons. The molecule has 3 heterocycles.